The van der Waals surface area contributed by atoms with Gasteiger partial charge in [-0.2, -0.15) is 0 Å². The minimum Gasteiger partial charge on any atom is -0.530 e. The molecular formula is C42H37ClN5O11-. The number of hydrogen-bond acceptors (Lipinski definition) is 11. The fourth-order valence-corrected chi connectivity index (χ4v) is 7.61. The summed E-state index contributed by atoms with van der Waals surface area (Å²) in [7, 11) is 5.84. The van der Waals surface area contributed by atoms with Crippen LogP contribution in [0.15, 0.2) is 84.9 Å². The average Bonchev–Trinajstić information content (AvgIpc) is 3.85. The lowest BCUT2D eigenvalue weighted by atomic mass is 9.94. The van der Waals surface area contributed by atoms with Crippen molar-refractivity contribution in [2.45, 2.75) is 19.1 Å². The first-order valence-corrected chi connectivity index (χ1v) is 18.6. The molecule has 0 radical (unpaired) electrons. The first-order valence-electron chi connectivity index (χ1n) is 18.1. The van der Waals surface area contributed by atoms with Gasteiger partial charge in [-0.25, -0.2) is 4.79 Å². The van der Waals surface area contributed by atoms with E-state index in [0.29, 0.717) is 61.7 Å². The Hall–Kier alpha value is -7.20. The molecule has 0 spiro atoms. The topological polar surface area (TPSA) is 198 Å². The maximum atomic E-state index is 14.4. The number of nitro groups is 1. The number of nitrogens with one attached hydrogen (secondary N) is 2. The Morgan fingerprint density at radius 1 is 0.898 bits per heavy atom. The minimum atomic E-state index is -1.47. The number of nitrogens with zero attached hydrogens (tertiary/aromatic N) is 3. The number of alkyl halides is 1. The van der Waals surface area contributed by atoms with E-state index < -0.39 is 17.1 Å². The number of H-pyrrole nitrogens is 1. The summed E-state index contributed by atoms with van der Waals surface area (Å²) in [4.78, 5) is 56.4. The lowest BCUT2D eigenvalue weighted by Gasteiger charge is -2.29. The third kappa shape index (κ3) is 7.64. The largest absolute Gasteiger partial charge is 0.530 e. The van der Waals surface area contributed by atoms with E-state index in [1.807, 2.05) is 18.2 Å². The Morgan fingerprint density at radius 3 is 2.25 bits per heavy atom. The molecule has 1 atom stereocenters. The molecule has 1 aliphatic heterocycles. The van der Waals surface area contributed by atoms with Crippen LogP contribution in [0.5, 0.6) is 23.0 Å². The van der Waals surface area contributed by atoms with Crippen molar-refractivity contribution in [3.63, 3.8) is 0 Å². The number of hydrogen-bond donors (Lipinski definition) is 2. The molecule has 304 valence electrons. The van der Waals surface area contributed by atoms with Gasteiger partial charge in [-0.3, -0.25) is 20.2 Å². The Morgan fingerprint density at radius 2 is 1.61 bits per heavy atom. The molecule has 2 heterocycles. The number of rotatable bonds is 13. The van der Waals surface area contributed by atoms with E-state index in [-0.39, 0.29) is 54.5 Å². The summed E-state index contributed by atoms with van der Waals surface area (Å²) in [6.45, 7) is -0.0992. The van der Waals surface area contributed by atoms with Gasteiger partial charge in [0, 0.05) is 53.0 Å². The van der Waals surface area contributed by atoms with Gasteiger partial charge in [0.2, 0.25) is 5.75 Å². The Bertz CT molecular complexity index is 2610. The third-order valence-electron chi connectivity index (χ3n) is 10.1. The number of carbonyl (C=O) groups is 3. The second-order valence-electron chi connectivity index (χ2n) is 13.4. The molecule has 3 amide bonds. The van der Waals surface area contributed by atoms with E-state index >= 15 is 0 Å². The SMILES string of the molecule is COc1cc([N+](=O)[O-])ccc1COC(=O)Nc1ccc(CN(C(=O)[O-])c2cc3c(c4ccccc24)C(CCl)CN3C(=O)c2cc3cc(OC)c(OC)c(OC)c3[nH]2)cc1. The molecule has 7 rings (SSSR count). The molecule has 0 saturated heterocycles. The lowest BCUT2D eigenvalue weighted by molar-refractivity contribution is -0.384. The number of aromatic nitrogens is 1. The van der Waals surface area contributed by atoms with Crippen molar-refractivity contribution in [3.05, 3.63) is 117 Å². The molecule has 6 aromatic rings. The number of aromatic amines is 1. The summed E-state index contributed by atoms with van der Waals surface area (Å²) in [5.41, 5.74) is 3.60. The van der Waals surface area contributed by atoms with Crippen LogP contribution in [-0.4, -0.2) is 68.9 Å². The van der Waals surface area contributed by atoms with Crippen molar-refractivity contribution >= 4 is 74.1 Å². The maximum Gasteiger partial charge on any atom is 0.411 e. The van der Waals surface area contributed by atoms with Gasteiger partial charge in [-0.05, 0) is 52.9 Å². The predicted octanol–water partition coefficient (Wildman–Crippen LogP) is 7.35. The molecule has 1 aromatic heterocycles. The van der Waals surface area contributed by atoms with Crippen LogP contribution in [0.3, 0.4) is 0 Å². The molecule has 16 nitrogen and oxygen atoms in total. The normalized spacial score (nSPS) is 13.2. The second kappa shape index (κ2) is 16.7. The molecule has 17 heteroatoms. The number of nitro benzene ring substituents is 1. The number of anilines is 3. The molecule has 59 heavy (non-hydrogen) atoms. The second-order valence-corrected chi connectivity index (χ2v) is 13.7. The van der Waals surface area contributed by atoms with E-state index in [9.17, 15) is 29.6 Å². The van der Waals surface area contributed by atoms with Gasteiger partial charge in [0.15, 0.2) is 11.5 Å². The highest BCUT2D eigenvalue weighted by molar-refractivity contribution is 6.20. The predicted molar refractivity (Wildman–Crippen MR) is 219 cm³/mol. The summed E-state index contributed by atoms with van der Waals surface area (Å²) < 4.78 is 27.2. The van der Waals surface area contributed by atoms with E-state index in [1.54, 1.807) is 53.4 Å². The molecular weight excluding hydrogens is 786 g/mol. The smallest absolute Gasteiger partial charge is 0.411 e. The zero-order chi connectivity index (χ0) is 42.0. The summed E-state index contributed by atoms with van der Waals surface area (Å²) in [6, 6.07) is 22.9. The first-order chi connectivity index (χ1) is 28.5. The summed E-state index contributed by atoms with van der Waals surface area (Å²) >= 11 is 6.54. The zero-order valence-electron chi connectivity index (χ0n) is 32.2. The first kappa shape index (κ1) is 40.0. The van der Waals surface area contributed by atoms with Gasteiger partial charge in [-0.15, -0.1) is 11.6 Å². The highest BCUT2D eigenvalue weighted by atomic mass is 35.5. The molecule has 2 N–H and O–H groups in total. The molecule has 0 bridgehead atoms. The van der Waals surface area contributed by atoms with Crippen molar-refractivity contribution in [1.29, 1.82) is 0 Å². The number of carboxylic acid groups (broad SMARTS) is 1. The molecule has 5 aromatic carbocycles. The molecule has 0 fully saturated rings. The van der Waals surface area contributed by atoms with E-state index in [0.717, 1.165) is 15.8 Å². The highest BCUT2D eigenvalue weighted by Crippen LogP contribution is 2.47. The van der Waals surface area contributed by atoms with Gasteiger partial charge >= 0.3 is 6.09 Å². The van der Waals surface area contributed by atoms with Gasteiger partial charge in [0.05, 0.1) is 56.3 Å². The van der Waals surface area contributed by atoms with Crippen LogP contribution in [0, 0.1) is 10.1 Å². The number of halogens is 1. The van der Waals surface area contributed by atoms with Crippen molar-refractivity contribution in [2.24, 2.45) is 0 Å². The Labute approximate surface area is 341 Å². The van der Waals surface area contributed by atoms with Crippen molar-refractivity contribution in [2.75, 3.05) is 56.0 Å². The van der Waals surface area contributed by atoms with E-state index in [1.165, 1.54) is 46.6 Å². The van der Waals surface area contributed by atoms with E-state index in [4.69, 9.17) is 35.3 Å². The van der Waals surface area contributed by atoms with Crippen LogP contribution >= 0.6 is 11.6 Å². The Balaban J connectivity index is 1.15. The van der Waals surface area contributed by atoms with Crippen LogP contribution < -0.4 is 39.2 Å². The summed E-state index contributed by atoms with van der Waals surface area (Å²) in [6.07, 6.45) is -2.27. The summed E-state index contributed by atoms with van der Waals surface area (Å²) in [5, 5.41) is 28.6. The molecule has 1 unspecified atom stereocenters. The number of methoxy groups -OCH3 is 4. The van der Waals surface area contributed by atoms with Crippen LogP contribution in [0.4, 0.5) is 32.3 Å². The van der Waals surface area contributed by atoms with Gasteiger partial charge in [-0.1, -0.05) is 36.4 Å². The Kier molecular flexibility index (Phi) is 11.3. The fourth-order valence-electron chi connectivity index (χ4n) is 7.36. The molecule has 1 aliphatic rings. The molecule has 0 aliphatic carbocycles. The van der Waals surface area contributed by atoms with Crippen molar-refractivity contribution < 1.29 is 48.1 Å². The highest BCUT2D eigenvalue weighted by Gasteiger charge is 2.36. The number of fused-ring (bicyclic) bond motifs is 4. The van der Waals surface area contributed by atoms with Crippen LogP contribution in [0.25, 0.3) is 21.7 Å². The minimum absolute atomic E-state index is 0.131. The van der Waals surface area contributed by atoms with Gasteiger partial charge in [0.25, 0.3) is 11.6 Å². The van der Waals surface area contributed by atoms with E-state index in [2.05, 4.69) is 10.3 Å². The number of carbonyl (C=O) groups excluding carboxylic acids is 3. The number of non-ortho nitro benzene ring substituents is 1. The van der Waals surface area contributed by atoms with Crippen molar-refractivity contribution in [1.82, 2.24) is 4.98 Å². The van der Waals surface area contributed by atoms with Crippen LogP contribution in [0.1, 0.15) is 33.1 Å². The standard InChI is InChI=1S/C42H38ClN5O11/c1-55-34-17-28(48(53)54)14-11-24(34)22-59-41(50)44-27-12-9-23(10-13-27)20-47(42(51)52)32-18-33-36(30-8-6-5-7-29(30)32)26(19-43)21-46(33)40(49)31-15-25-16-35(56-2)38(57-3)39(58-4)37(25)45-31/h5-18,26,45H,19-22H2,1-4H3,(H,44,50)(H,51,52)/p-1. The average molecular weight is 823 g/mol. The number of ether oxygens (including phenoxy) is 5. The quantitative estimate of drug-likeness (QED) is 0.0671. The van der Waals surface area contributed by atoms with Crippen LogP contribution in [-0.2, 0) is 17.9 Å². The summed E-state index contributed by atoms with van der Waals surface area (Å²) in [5.74, 6) is 0.928. The van der Waals surface area contributed by atoms with Crippen molar-refractivity contribution in [3.8, 4) is 23.0 Å². The zero-order valence-corrected chi connectivity index (χ0v) is 33.0. The van der Waals surface area contributed by atoms with Crippen LogP contribution in [0.2, 0.25) is 0 Å². The fraction of sp³-hybridized carbons (Fsp3) is 0.214. The number of benzene rings is 5. The lowest BCUT2D eigenvalue weighted by Crippen LogP contribution is -2.41. The van der Waals surface area contributed by atoms with Gasteiger partial charge < -0.3 is 48.4 Å². The third-order valence-corrected chi connectivity index (χ3v) is 10.5. The monoisotopic (exact) mass is 822 g/mol. The number of amides is 3. The molecule has 0 saturated carbocycles. The maximum absolute atomic E-state index is 14.4. The van der Waals surface area contributed by atoms with Gasteiger partial charge in [0.1, 0.15) is 24.1 Å².